The predicted molar refractivity (Wildman–Crippen MR) is 73.0 cm³/mol. The molecule has 0 aromatic carbocycles. The van der Waals surface area contributed by atoms with Gasteiger partial charge in [-0.3, -0.25) is 0 Å². The van der Waals surface area contributed by atoms with Crippen LogP contribution in [-0.4, -0.2) is 40.2 Å². The van der Waals surface area contributed by atoms with Gasteiger partial charge in [-0.25, -0.2) is 0 Å². The van der Waals surface area contributed by atoms with Gasteiger partial charge in [-0.2, -0.15) is 0 Å². The van der Waals surface area contributed by atoms with Gasteiger partial charge in [0.15, 0.2) is 14.6 Å². The molecule has 1 saturated heterocycles. The van der Waals surface area contributed by atoms with E-state index in [9.17, 15) is 4.79 Å². The third-order valence-electron chi connectivity index (χ3n) is 3.96. The molecule has 1 rings (SSSR count). The molecule has 0 aromatic rings. The van der Waals surface area contributed by atoms with E-state index in [-0.39, 0.29) is 17.4 Å². The maximum absolute atomic E-state index is 10.9. The fourth-order valence-corrected chi connectivity index (χ4v) is 3.18. The molecule has 0 N–H and O–H groups in total. The number of aldehydes is 1. The second-order valence-electron chi connectivity index (χ2n) is 6.45. The molecule has 0 radical (unpaired) electrons. The molecule has 106 valence electrons. The summed E-state index contributed by atoms with van der Waals surface area (Å²) in [5, 5.41) is 0.171. The smallest absolute Gasteiger partial charge is 0.192 e. The lowest BCUT2D eigenvalue weighted by molar-refractivity contribution is -0.197. The molecule has 18 heavy (non-hydrogen) atoms. The minimum absolute atomic E-state index is 0.0554. The van der Waals surface area contributed by atoms with Crippen LogP contribution < -0.4 is 0 Å². The lowest BCUT2D eigenvalue weighted by atomic mass is 10.1. The molecule has 4 nitrogen and oxygen atoms in total. The van der Waals surface area contributed by atoms with Gasteiger partial charge in [0.1, 0.15) is 12.4 Å². The Morgan fingerprint density at radius 1 is 1.28 bits per heavy atom. The molecule has 1 aliphatic rings. The summed E-state index contributed by atoms with van der Waals surface area (Å²) in [6.07, 6.45) is 1.50. The Morgan fingerprint density at radius 3 is 2.33 bits per heavy atom. The van der Waals surface area contributed by atoms with Crippen LogP contribution in [0, 0.1) is 0 Å². The topological polar surface area (TPSA) is 44.8 Å². The highest BCUT2D eigenvalue weighted by atomic mass is 28.4. The minimum Gasteiger partial charge on any atom is -0.414 e. The Hall–Kier alpha value is -0.233. The van der Waals surface area contributed by atoms with Crippen LogP contribution in [0.25, 0.3) is 0 Å². The van der Waals surface area contributed by atoms with Gasteiger partial charge in [-0.1, -0.05) is 20.8 Å². The summed E-state index contributed by atoms with van der Waals surface area (Å²) in [4.78, 5) is 10.9. The van der Waals surface area contributed by atoms with Crippen molar-refractivity contribution in [1.82, 2.24) is 0 Å². The van der Waals surface area contributed by atoms with Gasteiger partial charge >= 0.3 is 0 Å². The summed E-state index contributed by atoms with van der Waals surface area (Å²) >= 11 is 0. The van der Waals surface area contributed by atoms with Crippen molar-refractivity contribution in [2.24, 2.45) is 0 Å². The van der Waals surface area contributed by atoms with Crippen LogP contribution in [0.2, 0.25) is 18.1 Å². The van der Waals surface area contributed by atoms with Gasteiger partial charge < -0.3 is 18.7 Å². The molecule has 0 amide bonds. The average Bonchev–Trinajstić information content (AvgIpc) is 2.26. The molecule has 0 spiro atoms. The summed E-state index contributed by atoms with van der Waals surface area (Å²) in [5.41, 5.74) is 0. The second kappa shape index (κ2) is 5.82. The van der Waals surface area contributed by atoms with E-state index in [2.05, 4.69) is 33.9 Å². The van der Waals surface area contributed by atoms with Gasteiger partial charge in [0.05, 0.1) is 6.10 Å². The number of methoxy groups -OCH3 is 1. The van der Waals surface area contributed by atoms with Crippen LogP contribution >= 0.6 is 0 Å². The number of carbonyl (C=O) groups excluding carboxylic acids is 1. The van der Waals surface area contributed by atoms with Crippen molar-refractivity contribution in [3.63, 3.8) is 0 Å². The van der Waals surface area contributed by atoms with Crippen molar-refractivity contribution in [2.75, 3.05) is 7.11 Å². The molecule has 3 atom stereocenters. The highest BCUT2D eigenvalue weighted by Crippen LogP contribution is 2.39. The SMILES string of the molecule is COC1CC(O[Si](C)(C)C(C)(C)C)CC(C=O)O1. The molecule has 1 heterocycles. The summed E-state index contributed by atoms with van der Waals surface area (Å²) in [7, 11) is -0.206. The average molecular weight is 274 g/mol. The van der Waals surface area contributed by atoms with Crippen LogP contribution in [0.3, 0.4) is 0 Å². The zero-order chi connectivity index (χ0) is 14.0. The van der Waals surface area contributed by atoms with Crippen LogP contribution in [0.15, 0.2) is 0 Å². The normalized spacial score (nSPS) is 30.2. The zero-order valence-corrected chi connectivity index (χ0v) is 13.4. The van der Waals surface area contributed by atoms with E-state index in [1.54, 1.807) is 7.11 Å². The molecule has 0 bridgehead atoms. The van der Waals surface area contributed by atoms with Crippen LogP contribution in [0.1, 0.15) is 33.6 Å². The van der Waals surface area contributed by atoms with E-state index < -0.39 is 14.4 Å². The summed E-state index contributed by atoms with van der Waals surface area (Å²) in [6.45, 7) is 11.1. The number of ether oxygens (including phenoxy) is 2. The van der Waals surface area contributed by atoms with E-state index in [1.807, 2.05) is 0 Å². The molecule has 0 saturated carbocycles. The highest BCUT2D eigenvalue weighted by molar-refractivity contribution is 6.74. The maximum atomic E-state index is 10.9. The first-order chi connectivity index (χ1) is 8.19. The van der Waals surface area contributed by atoms with E-state index >= 15 is 0 Å². The fourth-order valence-electron chi connectivity index (χ4n) is 1.81. The first-order valence-corrected chi connectivity index (χ1v) is 9.42. The largest absolute Gasteiger partial charge is 0.414 e. The number of rotatable bonds is 4. The van der Waals surface area contributed by atoms with E-state index in [4.69, 9.17) is 13.9 Å². The van der Waals surface area contributed by atoms with Gasteiger partial charge in [-0.05, 0) is 18.1 Å². The van der Waals surface area contributed by atoms with Gasteiger partial charge in [0.2, 0.25) is 0 Å². The predicted octanol–water partition coefficient (Wildman–Crippen LogP) is 2.73. The fraction of sp³-hybridized carbons (Fsp3) is 0.923. The highest BCUT2D eigenvalue weighted by Gasteiger charge is 2.41. The summed E-state index contributed by atoms with van der Waals surface area (Å²) < 4.78 is 17.0. The number of carbonyl (C=O) groups is 1. The maximum Gasteiger partial charge on any atom is 0.192 e. The Morgan fingerprint density at radius 2 is 1.89 bits per heavy atom. The molecule has 5 heteroatoms. The molecular formula is C13H26O4Si. The number of hydrogen-bond donors (Lipinski definition) is 0. The molecule has 1 fully saturated rings. The third-order valence-corrected chi connectivity index (χ3v) is 8.49. The molecule has 1 aliphatic heterocycles. The van der Waals surface area contributed by atoms with Crippen LogP contribution in [0.5, 0.6) is 0 Å². The molecule has 0 aliphatic carbocycles. The summed E-state index contributed by atoms with van der Waals surface area (Å²) in [5.74, 6) is 0. The lowest BCUT2D eigenvalue weighted by Gasteiger charge is -2.42. The monoisotopic (exact) mass is 274 g/mol. The quantitative estimate of drug-likeness (QED) is 0.584. The lowest BCUT2D eigenvalue weighted by Crippen LogP contribution is -2.48. The standard InChI is InChI=1S/C13H26O4Si/c1-13(2,3)18(5,6)17-10-7-11(9-14)16-12(8-10)15-4/h9-12H,7-8H2,1-6H3. The van der Waals surface area contributed by atoms with Crippen molar-refractivity contribution in [3.8, 4) is 0 Å². The Bertz CT molecular complexity index is 285. The van der Waals surface area contributed by atoms with Crippen LogP contribution in [0.4, 0.5) is 0 Å². The summed E-state index contributed by atoms with van der Waals surface area (Å²) in [6, 6.07) is 0. The van der Waals surface area contributed by atoms with Crippen molar-refractivity contribution in [3.05, 3.63) is 0 Å². The second-order valence-corrected chi connectivity index (χ2v) is 11.2. The van der Waals surface area contributed by atoms with E-state index in [1.165, 1.54) is 0 Å². The van der Waals surface area contributed by atoms with Crippen molar-refractivity contribution in [1.29, 1.82) is 0 Å². The van der Waals surface area contributed by atoms with Gasteiger partial charge in [0, 0.05) is 20.0 Å². The first-order valence-electron chi connectivity index (χ1n) is 6.51. The van der Waals surface area contributed by atoms with E-state index in [0.29, 0.717) is 12.8 Å². The zero-order valence-electron chi connectivity index (χ0n) is 12.4. The Balaban J connectivity index is 2.68. The van der Waals surface area contributed by atoms with Crippen molar-refractivity contribution in [2.45, 2.75) is 70.2 Å². The van der Waals surface area contributed by atoms with E-state index in [0.717, 1.165) is 6.29 Å². The van der Waals surface area contributed by atoms with Crippen molar-refractivity contribution >= 4 is 14.6 Å². The third kappa shape index (κ3) is 3.88. The Labute approximate surface area is 111 Å². The molecule has 3 unspecified atom stereocenters. The molecular weight excluding hydrogens is 248 g/mol. The molecule has 0 aromatic heterocycles. The van der Waals surface area contributed by atoms with Crippen molar-refractivity contribution < 1.29 is 18.7 Å². The number of hydrogen-bond acceptors (Lipinski definition) is 4. The van der Waals surface area contributed by atoms with Gasteiger partial charge in [-0.15, -0.1) is 0 Å². The van der Waals surface area contributed by atoms with Gasteiger partial charge in [0.25, 0.3) is 0 Å². The van der Waals surface area contributed by atoms with Crippen LogP contribution in [-0.2, 0) is 18.7 Å². The first kappa shape index (κ1) is 15.8. The minimum atomic E-state index is -1.80. The Kier molecular flexibility index (Phi) is 5.11.